The lowest BCUT2D eigenvalue weighted by atomic mass is 10.1. The van der Waals surface area contributed by atoms with Crippen LogP contribution in [0.5, 0.6) is 11.5 Å². The Bertz CT molecular complexity index is 857. The molecule has 23 heavy (non-hydrogen) atoms. The van der Waals surface area contributed by atoms with E-state index < -0.39 is 16.3 Å². The highest BCUT2D eigenvalue weighted by Gasteiger charge is 2.31. The van der Waals surface area contributed by atoms with Crippen LogP contribution in [0.15, 0.2) is 53.9 Å². The van der Waals surface area contributed by atoms with Crippen molar-refractivity contribution >= 4 is 15.6 Å². The molecule has 2 aromatic rings. The van der Waals surface area contributed by atoms with Crippen molar-refractivity contribution < 1.29 is 17.9 Å². The van der Waals surface area contributed by atoms with Gasteiger partial charge in [-0.05, 0) is 31.2 Å². The topological polar surface area (TPSA) is 64.6 Å². The molecule has 0 radical (unpaired) electrons. The third kappa shape index (κ3) is 2.95. The Morgan fingerprint density at radius 3 is 2.52 bits per heavy atom. The van der Waals surface area contributed by atoms with E-state index in [1.165, 1.54) is 0 Å². The molecule has 0 bridgehead atoms. The zero-order valence-electron chi connectivity index (χ0n) is 12.9. The molecule has 2 aromatic carbocycles. The van der Waals surface area contributed by atoms with E-state index in [1.807, 2.05) is 6.92 Å². The Morgan fingerprint density at radius 1 is 1.17 bits per heavy atom. The number of aryl methyl sites for hydroxylation is 1. The van der Waals surface area contributed by atoms with E-state index in [0.717, 1.165) is 11.1 Å². The number of rotatable bonds is 4. The molecule has 1 atom stereocenters. The summed E-state index contributed by atoms with van der Waals surface area (Å²) in [6.07, 6.45) is -0.830. The van der Waals surface area contributed by atoms with Crippen LogP contribution < -0.4 is 14.2 Å². The maximum absolute atomic E-state index is 12.5. The van der Waals surface area contributed by atoms with Gasteiger partial charge in [0.05, 0.1) is 12.0 Å². The van der Waals surface area contributed by atoms with Gasteiger partial charge in [-0.1, -0.05) is 24.3 Å². The fourth-order valence-corrected chi connectivity index (χ4v) is 3.46. The van der Waals surface area contributed by atoms with Gasteiger partial charge in [0.1, 0.15) is 11.5 Å². The minimum atomic E-state index is -3.69. The Morgan fingerprint density at radius 2 is 1.87 bits per heavy atom. The Hall–Kier alpha value is -2.31. The standard InChI is InChI=1S/C17H17NO4S/c1-11-4-7-14(8-5-11)23(19,20)18-17-12(2)15-9-6-13(21-3)10-16(15)22-17/h4-10,17-18H,2H2,1,3H3. The van der Waals surface area contributed by atoms with Crippen molar-refractivity contribution in [2.75, 3.05) is 7.11 Å². The van der Waals surface area contributed by atoms with Crippen LogP contribution in [0.3, 0.4) is 0 Å². The molecule has 1 aliphatic rings. The summed E-state index contributed by atoms with van der Waals surface area (Å²) >= 11 is 0. The molecule has 0 fully saturated rings. The first-order valence-electron chi connectivity index (χ1n) is 7.03. The van der Waals surface area contributed by atoms with E-state index in [-0.39, 0.29) is 4.90 Å². The fraction of sp³-hybridized carbons (Fsp3) is 0.176. The van der Waals surface area contributed by atoms with Crippen LogP contribution in [0.1, 0.15) is 11.1 Å². The van der Waals surface area contributed by atoms with Gasteiger partial charge in [0.15, 0.2) is 6.23 Å². The summed E-state index contributed by atoms with van der Waals surface area (Å²) in [4.78, 5) is 0.188. The summed E-state index contributed by atoms with van der Waals surface area (Å²) in [6, 6.07) is 11.9. The second kappa shape index (κ2) is 5.72. The predicted octanol–water partition coefficient (Wildman–Crippen LogP) is 2.71. The first-order chi connectivity index (χ1) is 10.9. The average molecular weight is 331 g/mol. The van der Waals surface area contributed by atoms with Crippen molar-refractivity contribution in [3.05, 3.63) is 60.2 Å². The Labute approximate surface area is 135 Å². The summed E-state index contributed by atoms with van der Waals surface area (Å²) in [5, 5.41) is 0. The van der Waals surface area contributed by atoms with Gasteiger partial charge in [0, 0.05) is 17.2 Å². The van der Waals surface area contributed by atoms with E-state index in [2.05, 4.69) is 11.3 Å². The van der Waals surface area contributed by atoms with Crippen LogP contribution in [0, 0.1) is 6.92 Å². The van der Waals surface area contributed by atoms with Crippen LogP contribution in [-0.4, -0.2) is 21.8 Å². The molecule has 0 amide bonds. The highest BCUT2D eigenvalue weighted by molar-refractivity contribution is 7.89. The van der Waals surface area contributed by atoms with Gasteiger partial charge >= 0.3 is 0 Å². The fourth-order valence-electron chi connectivity index (χ4n) is 2.35. The van der Waals surface area contributed by atoms with Crippen molar-refractivity contribution in [3.8, 4) is 11.5 Å². The third-order valence-corrected chi connectivity index (χ3v) is 5.11. The van der Waals surface area contributed by atoms with Crippen LogP contribution >= 0.6 is 0 Å². The molecular weight excluding hydrogens is 314 g/mol. The number of ether oxygens (including phenoxy) is 2. The van der Waals surface area contributed by atoms with Gasteiger partial charge in [-0.25, -0.2) is 8.42 Å². The van der Waals surface area contributed by atoms with Crippen molar-refractivity contribution in [2.45, 2.75) is 18.0 Å². The summed E-state index contributed by atoms with van der Waals surface area (Å²) in [7, 11) is -2.14. The lowest BCUT2D eigenvalue weighted by molar-refractivity contribution is 0.263. The molecule has 0 aromatic heterocycles. The number of hydrogen-bond acceptors (Lipinski definition) is 4. The molecule has 6 heteroatoms. The first kappa shape index (κ1) is 15.6. The molecule has 1 heterocycles. The van der Waals surface area contributed by atoms with Gasteiger partial charge in [0.2, 0.25) is 10.0 Å². The number of sulfonamides is 1. The maximum Gasteiger partial charge on any atom is 0.243 e. The van der Waals surface area contributed by atoms with E-state index in [9.17, 15) is 8.42 Å². The lowest BCUT2D eigenvalue weighted by Gasteiger charge is -2.14. The summed E-state index contributed by atoms with van der Waals surface area (Å²) in [6.45, 7) is 5.83. The van der Waals surface area contributed by atoms with Gasteiger partial charge in [0.25, 0.3) is 0 Å². The number of benzene rings is 2. The molecule has 1 N–H and O–H groups in total. The lowest BCUT2D eigenvalue weighted by Crippen LogP contribution is -2.37. The molecule has 3 rings (SSSR count). The number of hydrogen-bond donors (Lipinski definition) is 1. The van der Waals surface area contributed by atoms with Crippen molar-refractivity contribution in [3.63, 3.8) is 0 Å². The number of methoxy groups -OCH3 is 1. The second-order valence-electron chi connectivity index (χ2n) is 5.32. The minimum Gasteiger partial charge on any atom is -0.497 e. The molecule has 0 saturated heterocycles. The normalized spacial score (nSPS) is 16.8. The highest BCUT2D eigenvalue weighted by Crippen LogP contribution is 2.38. The molecule has 0 spiro atoms. The SMILES string of the molecule is C=C1c2ccc(OC)cc2OC1NS(=O)(=O)c1ccc(C)cc1. The van der Waals surface area contributed by atoms with Crippen LogP contribution in [-0.2, 0) is 10.0 Å². The smallest absolute Gasteiger partial charge is 0.243 e. The van der Waals surface area contributed by atoms with E-state index in [0.29, 0.717) is 17.1 Å². The van der Waals surface area contributed by atoms with Crippen molar-refractivity contribution in [2.24, 2.45) is 0 Å². The van der Waals surface area contributed by atoms with Gasteiger partial charge in [-0.15, -0.1) is 0 Å². The molecule has 0 saturated carbocycles. The summed E-state index contributed by atoms with van der Waals surface area (Å²) in [5.74, 6) is 1.18. The number of nitrogens with one attached hydrogen (secondary N) is 1. The summed E-state index contributed by atoms with van der Waals surface area (Å²) < 4.78 is 38.3. The Kier molecular flexibility index (Phi) is 3.87. The largest absolute Gasteiger partial charge is 0.497 e. The molecular formula is C17H17NO4S. The van der Waals surface area contributed by atoms with Gasteiger partial charge in [-0.3, -0.25) is 0 Å². The van der Waals surface area contributed by atoms with Crippen LogP contribution in [0.4, 0.5) is 0 Å². The molecule has 1 unspecified atom stereocenters. The van der Waals surface area contributed by atoms with E-state index in [1.54, 1.807) is 49.6 Å². The van der Waals surface area contributed by atoms with E-state index in [4.69, 9.17) is 9.47 Å². The second-order valence-corrected chi connectivity index (χ2v) is 7.03. The molecule has 1 aliphatic heterocycles. The summed E-state index contributed by atoms with van der Waals surface area (Å²) in [5.41, 5.74) is 2.32. The predicted molar refractivity (Wildman–Crippen MR) is 87.9 cm³/mol. The minimum absolute atomic E-state index is 0.188. The van der Waals surface area contributed by atoms with Crippen molar-refractivity contribution in [1.29, 1.82) is 0 Å². The monoisotopic (exact) mass is 331 g/mol. The van der Waals surface area contributed by atoms with Crippen LogP contribution in [0.2, 0.25) is 0 Å². The maximum atomic E-state index is 12.5. The molecule has 5 nitrogen and oxygen atoms in total. The first-order valence-corrected chi connectivity index (χ1v) is 8.52. The number of fused-ring (bicyclic) bond motifs is 1. The molecule has 120 valence electrons. The quantitative estimate of drug-likeness (QED) is 0.935. The zero-order chi connectivity index (χ0) is 16.6. The average Bonchev–Trinajstić information content (AvgIpc) is 2.82. The van der Waals surface area contributed by atoms with Crippen molar-refractivity contribution in [1.82, 2.24) is 4.72 Å². The highest BCUT2D eigenvalue weighted by atomic mass is 32.2. The molecule has 0 aliphatic carbocycles. The zero-order valence-corrected chi connectivity index (χ0v) is 13.7. The van der Waals surface area contributed by atoms with Crippen LogP contribution in [0.25, 0.3) is 5.57 Å². The Balaban J connectivity index is 1.84. The van der Waals surface area contributed by atoms with E-state index >= 15 is 0 Å². The van der Waals surface area contributed by atoms with Gasteiger partial charge < -0.3 is 9.47 Å². The van der Waals surface area contributed by atoms with Gasteiger partial charge in [-0.2, -0.15) is 4.72 Å². The third-order valence-electron chi connectivity index (χ3n) is 3.69.